The van der Waals surface area contributed by atoms with Gasteiger partial charge in [-0.3, -0.25) is 5.32 Å². The predicted molar refractivity (Wildman–Crippen MR) is 128 cm³/mol. The van der Waals surface area contributed by atoms with Gasteiger partial charge in [0.15, 0.2) is 17.7 Å². The number of methoxy groups -OCH3 is 1. The van der Waals surface area contributed by atoms with Crippen molar-refractivity contribution in [1.82, 2.24) is 10.3 Å². The summed E-state index contributed by atoms with van der Waals surface area (Å²) < 4.78 is 11.5. The van der Waals surface area contributed by atoms with Gasteiger partial charge in [-0.15, -0.1) is 0 Å². The summed E-state index contributed by atoms with van der Waals surface area (Å²) in [6, 6.07) is 13.9. The first-order valence-corrected chi connectivity index (χ1v) is 10.4. The highest BCUT2D eigenvalue weighted by atomic mass is 35.5. The molecule has 1 atom stereocenters. The van der Waals surface area contributed by atoms with Crippen LogP contribution in [0.1, 0.15) is 28.3 Å². The van der Waals surface area contributed by atoms with Crippen molar-refractivity contribution < 1.29 is 9.47 Å². The van der Waals surface area contributed by atoms with Crippen molar-refractivity contribution in [1.29, 1.82) is 10.5 Å². The van der Waals surface area contributed by atoms with Crippen molar-refractivity contribution in [2.45, 2.75) is 12.6 Å². The van der Waals surface area contributed by atoms with Gasteiger partial charge in [-0.2, -0.15) is 10.5 Å². The number of nitrogens with one attached hydrogen (secondary N) is 2. The van der Waals surface area contributed by atoms with Gasteiger partial charge in [-0.05, 0) is 23.8 Å². The third-order valence-corrected chi connectivity index (χ3v) is 5.57. The molecular weight excluding hydrogens is 456 g/mol. The molecule has 11 heteroatoms. The normalized spacial score (nSPS) is 14.0. The van der Waals surface area contributed by atoms with E-state index < -0.39 is 6.04 Å². The Hall–Kier alpha value is -4.67. The summed E-state index contributed by atoms with van der Waals surface area (Å²) in [5.41, 5.74) is 14.3. The monoisotopic (exact) mass is 474 g/mol. The quantitative estimate of drug-likeness (QED) is 0.320. The van der Waals surface area contributed by atoms with Crippen LogP contribution in [0.15, 0.2) is 47.5 Å². The number of nitrogen functional groups attached to an aromatic ring is 2. The smallest absolute Gasteiger partial charge is 0.211 e. The number of rotatable bonds is 5. The molecule has 0 saturated heterocycles. The summed E-state index contributed by atoms with van der Waals surface area (Å²) in [7, 11) is 1.54. The number of benzene rings is 2. The number of nitrogens with zero attached hydrogens (tertiary/aromatic N) is 4. The molecule has 0 bridgehead atoms. The molecule has 0 radical (unpaired) electrons. The molecule has 1 aliphatic heterocycles. The Kier molecular flexibility index (Phi) is 6.26. The van der Waals surface area contributed by atoms with E-state index in [1.165, 1.54) is 7.11 Å². The Labute approximate surface area is 200 Å². The average molecular weight is 475 g/mol. The lowest BCUT2D eigenvalue weighted by Gasteiger charge is -2.26. The van der Waals surface area contributed by atoms with Crippen LogP contribution in [0, 0.1) is 22.8 Å². The summed E-state index contributed by atoms with van der Waals surface area (Å²) in [5.74, 6) is 1.38. The van der Waals surface area contributed by atoms with Gasteiger partial charge in [0, 0.05) is 16.1 Å². The largest absolute Gasteiger partial charge is 0.493 e. The molecule has 170 valence electrons. The first-order valence-electron chi connectivity index (χ1n) is 9.99. The number of guanidine groups is 1. The minimum Gasteiger partial charge on any atom is -0.493 e. The molecule has 4 rings (SSSR count). The number of anilines is 3. The van der Waals surface area contributed by atoms with E-state index in [4.69, 9.17) is 37.8 Å². The molecule has 0 amide bonds. The summed E-state index contributed by atoms with van der Waals surface area (Å²) in [4.78, 5) is 8.82. The number of nitriles is 2. The number of aromatic nitrogens is 1. The molecule has 10 nitrogen and oxygen atoms in total. The molecule has 2 heterocycles. The van der Waals surface area contributed by atoms with Gasteiger partial charge in [-0.1, -0.05) is 35.9 Å². The second-order valence-electron chi connectivity index (χ2n) is 7.19. The number of fused-ring (bicyclic) bond motifs is 1. The highest BCUT2D eigenvalue weighted by Crippen LogP contribution is 2.42. The molecule has 1 aliphatic rings. The molecule has 0 fully saturated rings. The maximum Gasteiger partial charge on any atom is 0.211 e. The fourth-order valence-electron chi connectivity index (χ4n) is 3.57. The fraction of sp³-hybridized carbons (Fsp3) is 0.130. The zero-order valence-electron chi connectivity index (χ0n) is 18.0. The summed E-state index contributed by atoms with van der Waals surface area (Å²) in [6.45, 7) is 0.214. The lowest BCUT2D eigenvalue weighted by molar-refractivity contribution is 0.284. The number of nitrogens with two attached hydrogens (primary N) is 2. The predicted octanol–water partition coefficient (Wildman–Crippen LogP) is 3.30. The van der Waals surface area contributed by atoms with Gasteiger partial charge >= 0.3 is 0 Å². The van der Waals surface area contributed by atoms with Crippen LogP contribution in [0.5, 0.6) is 11.5 Å². The van der Waals surface area contributed by atoms with E-state index in [1.54, 1.807) is 24.3 Å². The topological polar surface area (TPSA) is 167 Å². The number of halogens is 1. The van der Waals surface area contributed by atoms with Crippen molar-refractivity contribution in [2.24, 2.45) is 4.99 Å². The highest BCUT2D eigenvalue weighted by Gasteiger charge is 2.30. The Morgan fingerprint density at radius 3 is 2.68 bits per heavy atom. The molecule has 2 aromatic carbocycles. The van der Waals surface area contributed by atoms with Gasteiger partial charge in [-0.25, -0.2) is 9.98 Å². The summed E-state index contributed by atoms with van der Waals surface area (Å²) in [6.07, 6.45) is 1.82. The molecule has 0 aliphatic carbocycles. The number of hydrogen-bond donors (Lipinski definition) is 4. The minimum absolute atomic E-state index is 0.0262. The van der Waals surface area contributed by atoms with Crippen LogP contribution in [-0.4, -0.2) is 18.1 Å². The molecule has 0 saturated carbocycles. The van der Waals surface area contributed by atoms with Crippen LogP contribution in [0.2, 0.25) is 5.02 Å². The number of ether oxygens (including phenoxy) is 2. The van der Waals surface area contributed by atoms with E-state index in [2.05, 4.69) is 20.6 Å². The third kappa shape index (κ3) is 4.18. The van der Waals surface area contributed by atoms with Crippen LogP contribution in [-0.2, 0) is 6.61 Å². The Morgan fingerprint density at radius 1 is 1.18 bits per heavy atom. The van der Waals surface area contributed by atoms with Crippen molar-refractivity contribution in [2.75, 3.05) is 23.9 Å². The summed E-state index contributed by atoms with van der Waals surface area (Å²) >= 11 is 6.25. The van der Waals surface area contributed by atoms with E-state index in [0.29, 0.717) is 33.5 Å². The average Bonchev–Trinajstić information content (AvgIpc) is 2.83. The van der Waals surface area contributed by atoms with Crippen molar-refractivity contribution in [3.8, 4) is 23.8 Å². The standard InChI is InChI=1S/C23H19ClN8O2/c1-33-16-7-6-12(8-17(16)34-10-13-4-2-3-5-15(13)24)20-18-19(27)14(9-25)21(28)31-22(18)32-23(30-20)29-11-26/h2-8,20H,10H2,1H3,(H6,27,28,29,30,31,32). The zero-order chi connectivity index (χ0) is 24.2. The lowest BCUT2D eigenvalue weighted by atomic mass is 9.95. The van der Waals surface area contributed by atoms with Crippen LogP contribution >= 0.6 is 11.6 Å². The molecule has 1 unspecified atom stereocenters. The molecule has 1 aromatic heterocycles. The van der Waals surface area contributed by atoms with Crippen LogP contribution in [0.25, 0.3) is 0 Å². The van der Waals surface area contributed by atoms with Crippen molar-refractivity contribution in [3.63, 3.8) is 0 Å². The number of hydrogen-bond acceptors (Lipinski definition) is 10. The van der Waals surface area contributed by atoms with Crippen LogP contribution < -0.4 is 31.6 Å². The van der Waals surface area contributed by atoms with Crippen molar-refractivity contribution >= 4 is 34.9 Å². The van der Waals surface area contributed by atoms with Gasteiger partial charge < -0.3 is 26.3 Å². The van der Waals surface area contributed by atoms with Crippen LogP contribution in [0.3, 0.4) is 0 Å². The first-order chi connectivity index (χ1) is 16.5. The fourth-order valence-corrected chi connectivity index (χ4v) is 3.76. The zero-order valence-corrected chi connectivity index (χ0v) is 18.7. The molecule has 3 aromatic rings. The van der Waals surface area contributed by atoms with Gasteiger partial charge in [0.05, 0.1) is 12.8 Å². The second-order valence-corrected chi connectivity index (χ2v) is 7.60. The van der Waals surface area contributed by atoms with E-state index in [-0.39, 0.29) is 29.6 Å². The number of pyridine rings is 1. The number of aliphatic imine (C=N–C) groups is 1. The van der Waals surface area contributed by atoms with Gasteiger partial charge in [0.1, 0.15) is 35.9 Å². The van der Waals surface area contributed by atoms with Gasteiger partial charge in [0.2, 0.25) is 5.96 Å². The highest BCUT2D eigenvalue weighted by molar-refractivity contribution is 6.31. The first kappa shape index (κ1) is 22.5. The Morgan fingerprint density at radius 2 is 1.97 bits per heavy atom. The van der Waals surface area contributed by atoms with Crippen LogP contribution in [0.4, 0.5) is 17.3 Å². The second kappa shape index (κ2) is 9.45. The third-order valence-electron chi connectivity index (χ3n) is 5.20. The van der Waals surface area contributed by atoms with Crippen molar-refractivity contribution in [3.05, 3.63) is 69.7 Å². The lowest BCUT2D eigenvalue weighted by Crippen LogP contribution is -2.32. The molecule has 6 N–H and O–H groups in total. The maximum atomic E-state index is 9.50. The minimum atomic E-state index is -0.708. The molecule has 0 spiro atoms. The Bertz CT molecular complexity index is 1380. The van der Waals surface area contributed by atoms with E-state index in [1.807, 2.05) is 30.5 Å². The van der Waals surface area contributed by atoms with Gasteiger partial charge in [0.25, 0.3) is 0 Å². The SMILES string of the molecule is COc1ccc(C2N=C(NC#N)Nc3nc(N)c(C#N)c(N)c32)cc1OCc1ccccc1Cl. The maximum absolute atomic E-state index is 9.50. The van der Waals surface area contributed by atoms with E-state index in [9.17, 15) is 5.26 Å². The Balaban J connectivity index is 1.79. The molecular formula is C23H19ClN8O2. The van der Waals surface area contributed by atoms with E-state index >= 15 is 0 Å². The summed E-state index contributed by atoms with van der Waals surface area (Å²) in [5, 5.41) is 24.5. The van der Waals surface area contributed by atoms with E-state index in [0.717, 1.165) is 5.56 Å². The molecule has 34 heavy (non-hydrogen) atoms.